The zero-order chi connectivity index (χ0) is 10.8. The van der Waals surface area contributed by atoms with Gasteiger partial charge in [0.2, 0.25) is 0 Å². The van der Waals surface area contributed by atoms with E-state index in [1.165, 1.54) is 19.3 Å². The van der Waals surface area contributed by atoms with E-state index in [9.17, 15) is 0 Å². The van der Waals surface area contributed by atoms with Crippen LogP contribution in [0.5, 0.6) is 0 Å². The van der Waals surface area contributed by atoms with Crippen LogP contribution < -0.4 is 0 Å². The van der Waals surface area contributed by atoms with Crippen molar-refractivity contribution in [3.8, 4) is 0 Å². The molecule has 0 aliphatic carbocycles. The molecule has 0 spiro atoms. The second kappa shape index (κ2) is 8.69. The van der Waals surface area contributed by atoms with E-state index in [0.717, 1.165) is 32.5 Å². The molecular weight excluding hydrogens is 188 g/mol. The molecule has 1 unspecified atom stereocenters. The maximum Gasteiger partial charge on any atom is 0.157 e. The number of allylic oxidation sites excluding steroid dienone is 3. The van der Waals surface area contributed by atoms with Crippen LogP contribution in [0.4, 0.5) is 0 Å². The van der Waals surface area contributed by atoms with Crippen molar-refractivity contribution in [1.29, 1.82) is 0 Å². The van der Waals surface area contributed by atoms with E-state index in [2.05, 4.69) is 12.7 Å². The van der Waals surface area contributed by atoms with Gasteiger partial charge in [-0.3, -0.25) is 0 Å². The summed E-state index contributed by atoms with van der Waals surface area (Å²) >= 11 is 0. The topological polar surface area (TPSA) is 18.5 Å². The lowest BCUT2D eigenvalue weighted by Gasteiger charge is -2.22. The lowest BCUT2D eigenvalue weighted by molar-refractivity contribution is -0.162. The van der Waals surface area contributed by atoms with Crippen LogP contribution in [0.15, 0.2) is 24.8 Å². The molecule has 0 aromatic carbocycles. The van der Waals surface area contributed by atoms with E-state index in [-0.39, 0.29) is 6.29 Å². The lowest BCUT2D eigenvalue weighted by atomic mass is 10.2. The zero-order valence-electron chi connectivity index (χ0n) is 9.49. The van der Waals surface area contributed by atoms with Crippen molar-refractivity contribution >= 4 is 0 Å². The van der Waals surface area contributed by atoms with E-state index in [1.807, 2.05) is 12.2 Å². The minimum Gasteiger partial charge on any atom is -0.353 e. The van der Waals surface area contributed by atoms with Crippen LogP contribution in [-0.2, 0) is 9.47 Å². The Bertz CT molecular complexity index is 181. The molecule has 1 fully saturated rings. The molecule has 0 amide bonds. The summed E-state index contributed by atoms with van der Waals surface area (Å²) in [6.45, 7) is 5.32. The summed E-state index contributed by atoms with van der Waals surface area (Å²) in [7, 11) is 0. The Morgan fingerprint density at radius 1 is 1.33 bits per heavy atom. The fourth-order valence-corrected chi connectivity index (χ4v) is 1.61. The summed E-state index contributed by atoms with van der Waals surface area (Å²) in [4.78, 5) is 0. The highest BCUT2D eigenvalue weighted by atomic mass is 16.7. The minimum absolute atomic E-state index is 0.0717. The number of unbranched alkanes of at least 4 members (excludes halogenated alkanes) is 2. The molecule has 1 atom stereocenters. The Hall–Kier alpha value is -0.600. The molecule has 0 aromatic rings. The maximum atomic E-state index is 5.62. The number of hydrogen-bond donors (Lipinski definition) is 0. The molecule has 0 aromatic heterocycles. The Kier molecular flexibility index (Phi) is 7.22. The standard InChI is InChI=1S/C13H22O2/c1-2-3-4-5-6-8-11-14-13-10-7-9-12-15-13/h2-4,13H,1,5-12H2/b4-3+. The largest absolute Gasteiger partial charge is 0.353 e. The van der Waals surface area contributed by atoms with Gasteiger partial charge in [-0.25, -0.2) is 0 Å². The van der Waals surface area contributed by atoms with Crippen molar-refractivity contribution in [3.05, 3.63) is 24.8 Å². The summed E-state index contributed by atoms with van der Waals surface area (Å²) in [5.74, 6) is 0. The van der Waals surface area contributed by atoms with Gasteiger partial charge in [0.1, 0.15) is 0 Å². The zero-order valence-corrected chi connectivity index (χ0v) is 9.49. The van der Waals surface area contributed by atoms with Gasteiger partial charge in [-0.1, -0.05) is 24.8 Å². The third-order valence-corrected chi connectivity index (χ3v) is 2.48. The summed E-state index contributed by atoms with van der Waals surface area (Å²) in [6.07, 6.45) is 12.9. The molecule has 0 bridgehead atoms. The quantitative estimate of drug-likeness (QED) is 0.473. The van der Waals surface area contributed by atoms with Gasteiger partial charge in [0.25, 0.3) is 0 Å². The fraction of sp³-hybridized carbons (Fsp3) is 0.692. The normalized spacial score (nSPS) is 22.0. The molecule has 1 rings (SSSR count). The van der Waals surface area contributed by atoms with Gasteiger partial charge in [-0.2, -0.15) is 0 Å². The molecule has 0 N–H and O–H groups in total. The van der Waals surface area contributed by atoms with Crippen LogP contribution in [0.1, 0.15) is 38.5 Å². The van der Waals surface area contributed by atoms with Gasteiger partial charge in [0.05, 0.1) is 0 Å². The average molecular weight is 210 g/mol. The predicted molar refractivity (Wildman–Crippen MR) is 62.7 cm³/mol. The van der Waals surface area contributed by atoms with Crippen molar-refractivity contribution in [2.45, 2.75) is 44.8 Å². The second-order valence-electron chi connectivity index (χ2n) is 3.83. The molecular formula is C13H22O2. The second-order valence-corrected chi connectivity index (χ2v) is 3.83. The van der Waals surface area contributed by atoms with Gasteiger partial charge in [0.15, 0.2) is 6.29 Å². The highest BCUT2D eigenvalue weighted by Crippen LogP contribution is 2.14. The van der Waals surface area contributed by atoms with Gasteiger partial charge < -0.3 is 9.47 Å². The molecule has 0 saturated carbocycles. The first-order valence-corrected chi connectivity index (χ1v) is 5.94. The third kappa shape index (κ3) is 6.47. The van der Waals surface area contributed by atoms with Crippen LogP contribution in [0, 0.1) is 0 Å². The SMILES string of the molecule is C=C/C=C/CCCCOC1CCCCO1. The number of hydrogen-bond acceptors (Lipinski definition) is 2. The Balaban J connectivity index is 1.87. The van der Waals surface area contributed by atoms with Crippen LogP contribution in [-0.4, -0.2) is 19.5 Å². The molecule has 1 saturated heterocycles. The Morgan fingerprint density at radius 3 is 3.00 bits per heavy atom. The van der Waals surface area contributed by atoms with Gasteiger partial charge in [0, 0.05) is 13.2 Å². The van der Waals surface area contributed by atoms with Crippen molar-refractivity contribution < 1.29 is 9.47 Å². The van der Waals surface area contributed by atoms with E-state index >= 15 is 0 Å². The van der Waals surface area contributed by atoms with Crippen LogP contribution >= 0.6 is 0 Å². The smallest absolute Gasteiger partial charge is 0.157 e. The number of rotatable bonds is 7. The average Bonchev–Trinajstić information content (AvgIpc) is 2.29. The lowest BCUT2D eigenvalue weighted by Crippen LogP contribution is -2.22. The van der Waals surface area contributed by atoms with Crippen LogP contribution in [0.2, 0.25) is 0 Å². The Labute approximate surface area is 93.0 Å². The molecule has 0 radical (unpaired) electrons. The molecule has 15 heavy (non-hydrogen) atoms. The van der Waals surface area contributed by atoms with Crippen molar-refractivity contribution in [2.24, 2.45) is 0 Å². The first-order valence-electron chi connectivity index (χ1n) is 5.94. The predicted octanol–water partition coefficient (Wildman–Crippen LogP) is 3.44. The van der Waals surface area contributed by atoms with E-state index in [0.29, 0.717) is 0 Å². The molecule has 2 heteroatoms. The summed E-state index contributed by atoms with van der Waals surface area (Å²) in [5.41, 5.74) is 0. The number of ether oxygens (including phenoxy) is 2. The summed E-state index contributed by atoms with van der Waals surface area (Å²) in [6, 6.07) is 0. The van der Waals surface area contributed by atoms with Crippen LogP contribution in [0.3, 0.4) is 0 Å². The third-order valence-electron chi connectivity index (χ3n) is 2.48. The molecule has 1 aliphatic rings. The highest BCUT2D eigenvalue weighted by Gasteiger charge is 2.12. The first kappa shape index (κ1) is 12.5. The maximum absolute atomic E-state index is 5.62. The minimum atomic E-state index is 0.0717. The monoisotopic (exact) mass is 210 g/mol. The van der Waals surface area contributed by atoms with Crippen molar-refractivity contribution in [1.82, 2.24) is 0 Å². The molecule has 2 nitrogen and oxygen atoms in total. The fourth-order valence-electron chi connectivity index (χ4n) is 1.61. The van der Waals surface area contributed by atoms with Gasteiger partial charge in [-0.15, -0.1) is 0 Å². The highest BCUT2D eigenvalue weighted by molar-refractivity contribution is 4.96. The first-order chi connectivity index (χ1) is 7.43. The van der Waals surface area contributed by atoms with E-state index in [1.54, 1.807) is 0 Å². The molecule has 86 valence electrons. The Morgan fingerprint density at radius 2 is 2.27 bits per heavy atom. The molecule has 1 aliphatic heterocycles. The van der Waals surface area contributed by atoms with Crippen molar-refractivity contribution in [2.75, 3.05) is 13.2 Å². The van der Waals surface area contributed by atoms with Crippen LogP contribution in [0.25, 0.3) is 0 Å². The van der Waals surface area contributed by atoms with E-state index < -0.39 is 0 Å². The van der Waals surface area contributed by atoms with Gasteiger partial charge >= 0.3 is 0 Å². The van der Waals surface area contributed by atoms with E-state index in [4.69, 9.17) is 9.47 Å². The van der Waals surface area contributed by atoms with Crippen molar-refractivity contribution in [3.63, 3.8) is 0 Å². The summed E-state index contributed by atoms with van der Waals surface area (Å²) in [5, 5.41) is 0. The summed E-state index contributed by atoms with van der Waals surface area (Å²) < 4.78 is 11.1. The van der Waals surface area contributed by atoms with Gasteiger partial charge in [-0.05, 0) is 38.5 Å². The molecule has 1 heterocycles.